The van der Waals surface area contributed by atoms with Crippen molar-refractivity contribution in [3.8, 4) is 39.5 Å². The third-order valence-corrected chi connectivity index (χ3v) is 16.3. The molecule has 0 spiro atoms. The van der Waals surface area contributed by atoms with Gasteiger partial charge in [0.15, 0.2) is 0 Å². The molecule has 5 nitrogen and oxygen atoms in total. The van der Waals surface area contributed by atoms with Crippen LogP contribution in [0.2, 0.25) is 17.3 Å². The van der Waals surface area contributed by atoms with Crippen molar-refractivity contribution in [2.45, 2.75) is 104 Å². The standard InChI is InChI=1S/C41H40N3O.C18H24GeN.Ir/c1-25(2)33-22-28(27-14-9-8-10-15-27)23-34(26(3)4)37(33)44-36-19-12-11-18-35(36)43-39(44)32-17-13-16-30-31-21-20-29(24-41(5,6)7)42-40(31)45-38(30)32;1-14(2)11-16-12-18(15-9-7-6-8-10-15)20-13-17(16)19(3,4)5;/h8-16,18-23,25-26H,24H2,1-7H3;6-9,12-14H,11H2,1-5H3;/q2*-1;. The maximum Gasteiger partial charge on any atom is 0.216 e. The maximum atomic E-state index is 6.62. The van der Waals surface area contributed by atoms with E-state index >= 15 is 0 Å². The number of hydrogen-bond acceptors (Lipinski definition) is 4. The topological polar surface area (TPSA) is 56.7 Å². The maximum absolute atomic E-state index is 6.62. The van der Waals surface area contributed by atoms with Gasteiger partial charge in [-0.15, -0.1) is 18.2 Å². The summed E-state index contributed by atoms with van der Waals surface area (Å²) in [6.07, 6.45) is 4.15. The number of benzene rings is 5. The van der Waals surface area contributed by atoms with Crippen LogP contribution in [0.3, 0.4) is 0 Å². The summed E-state index contributed by atoms with van der Waals surface area (Å²) >= 11 is -1.86. The second-order valence-corrected chi connectivity index (χ2v) is 31.5. The van der Waals surface area contributed by atoms with Gasteiger partial charge in [0.1, 0.15) is 0 Å². The predicted octanol–water partition coefficient (Wildman–Crippen LogP) is 15.6. The fraction of sp³-hybridized carbons (Fsp3) is 0.305. The van der Waals surface area contributed by atoms with E-state index in [-0.39, 0.29) is 37.4 Å². The molecule has 0 saturated heterocycles. The fourth-order valence-electron chi connectivity index (χ4n) is 8.99. The molecule has 341 valence electrons. The summed E-state index contributed by atoms with van der Waals surface area (Å²) in [4.78, 5) is 14.9. The van der Waals surface area contributed by atoms with Crippen LogP contribution in [0, 0.1) is 23.5 Å². The Labute approximate surface area is 409 Å². The minimum absolute atomic E-state index is 0. The summed E-state index contributed by atoms with van der Waals surface area (Å²) in [7, 11) is 0. The molecular weight excluding hydrogens is 1050 g/mol. The van der Waals surface area contributed by atoms with Gasteiger partial charge in [0.05, 0.1) is 22.4 Å². The third-order valence-electron chi connectivity index (χ3n) is 12.0. The molecule has 66 heavy (non-hydrogen) atoms. The number of aromatic nitrogens is 4. The fourth-order valence-corrected chi connectivity index (χ4v) is 12.3. The monoisotopic (exact) mass is 1110 g/mol. The van der Waals surface area contributed by atoms with Gasteiger partial charge in [-0.1, -0.05) is 102 Å². The first-order chi connectivity index (χ1) is 31.0. The van der Waals surface area contributed by atoms with Gasteiger partial charge in [-0.2, -0.15) is 0 Å². The molecule has 0 atom stereocenters. The minimum Gasteiger partial charge on any atom is -0.486 e. The SMILES string of the molecule is CC(C)Cc1cc(-c2[c-]cccc2)nc[c]1[Ge]([CH3])([CH3])[CH3].CC(C)c1cc(-c2ccccc2)cc(C(C)C)c1-n1c(-c2[c-]ccc3c2oc2nc(CC(C)(C)C)ccc23)nc2ccccc21.[Ir]. The average Bonchev–Trinajstić information content (AvgIpc) is 3.84. The van der Waals surface area contributed by atoms with E-state index in [0.29, 0.717) is 11.6 Å². The smallest absolute Gasteiger partial charge is 0.216 e. The van der Waals surface area contributed by atoms with Gasteiger partial charge in [-0.05, 0) is 82.3 Å². The summed E-state index contributed by atoms with van der Waals surface area (Å²) < 4.78 is 10.5. The Morgan fingerprint density at radius 2 is 1.38 bits per heavy atom. The van der Waals surface area contributed by atoms with E-state index in [9.17, 15) is 0 Å². The van der Waals surface area contributed by atoms with Gasteiger partial charge in [0.25, 0.3) is 0 Å². The zero-order chi connectivity index (χ0) is 46.2. The molecular formula is C59H64GeIrN4O-2. The van der Waals surface area contributed by atoms with Crippen molar-refractivity contribution >= 4 is 50.8 Å². The van der Waals surface area contributed by atoms with E-state index in [1.807, 2.05) is 24.3 Å². The Morgan fingerprint density at radius 1 is 0.697 bits per heavy atom. The van der Waals surface area contributed by atoms with Gasteiger partial charge in [0, 0.05) is 36.9 Å². The summed E-state index contributed by atoms with van der Waals surface area (Å²) in [5.41, 5.74) is 15.3. The molecule has 7 heteroatoms. The van der Waals surface area contributed by atoms with Crippen LogP contribution in [0.4, 0.5) is 0 Å². The van der Waals surface area contributed by atoms with Crippen LogP contribution in [0.1, 0.15) is 96.5 Å². The van der Waals surface area contributed by atoms with Crippen LogP contribution in [-0.2, 0) is 32.9 Å². The molecule has 0 N–H and O–H groups in total. The molecule has 0 fully saturated rings. The average molecular weight is 1110 g/mol. The van der Waals surface area contributed by atoms with E-state index in [1.165, 1.54) is 33.5 Å². The summed E-state index contributed by atoms with van der Waals surface area (Å²) in [6, 6.07) is 49.4. The first-order valence-corrected chi connectivity index (χ1v) is 30.7. The van der Waals surface area contributed by atoms with Crippen LogP contribution in [0.15, 0.2) is 132 Å². The molecule has 0 aliphatic carbocycles. The Bertz CT molecular complexity index is 3070. The van der Waals surface area contributed by atoms with E-state index < -0.39 is 13.3 Å². The Balaban J connectivity index is 0.000000260. The second-order valence-electron chi connectivity index (χ2n) is 20.9. The number of rotatable bonds is 10. The molecule has 4 aromatic heterocycles. The molecule has 1 radical (unpaired) electrons. The molecule has 0 unspecified atom stereocenters. The van der Waals surface area contributed by atoms with Crippen LogP contribution in [0.5, 0.6) is 0 Å². The van der Waals surface area contributed by atoms with Crippen molar-refractivity contribution in [1.29, 1.82) is 0 Å². The number of imidazole rings is 1. The van der Waals surface area contributed by atoms with Crippen molar-refractivity contribution in [2.24, 2.45) is 11.3 Å². The van der Waals surface area contributed by atoms with Gasteiger partial charge in [-0.25, -0.2) is 4.98 Å². The molecule has 0 bridgehead atoms. The molecule has 5 aromatic carbocycles. The molecule has 9 aromatic rings. The third kappa shape index (κ3) is 10.5. The van der Waals surface area contributed by atoms with Gasteiger partial charge < -0.3 is 8.98 Å². The largest absolute Gasteiger partial charge is 0.486 e. The number of pyridine rings is 2. The summed E-state index contributed by atoms with van der Waals surface area (Å²) in [6.45, 7) is 20.4. The van der Waals surface area contributed by atoms with Crippen LogP contribution < -0.4 is 4.40 Å². The molecule has 4 heterocycles. The summed E-state index contributed by atoms with van der Waals surface area (Å²) in [5.74, 6) is 9.39. The van der Waals surface area contributed by atoms with Crippen LogP contribution >= 0.6 is 0 Å². The predicted molar refractivity (Wildman–Crippen MR) is 277 cm³/mol. The number of furan rings is 1. The zero-order valence-electron chi connectivity index (χ0n) is 40.8. The van der Waals surface area contributed by atoms with E-state index in [2.05, 4.69) is 200 Å². The Kier molecular flexibility index (Phi) is 14.8. The van der Waals surface area contributed by atoms with Crippen molar-refractivity contribution in [2.75, 3.05) is 0 Å². The van der Waals surface area contributed by atoms with E-state index in [4.69, 9.17) is 19.4 Å². The minimum atomic E-state index is -1.86. The molecule has 0 saturated carbocycles. The van der Waals surface area contributed by atoms with Crippen molar-refractivity contribution in [3.63, 3.8) is 0 Å². The van der Waals surface area contributed by atoms with Crippen molar-refractivity contribution < 1.29 is 24.5 Å². The number of fused-ring (bicyclic) bond motifs is 4. The van der Waals surface area contributed by atoms with Gasteiger partial charge in [0.2, 0.25) is 5.71 Å². The van der Waals surface area contributed by atoms with Gasteiger partial charge in [-0.3, -0.25) is 4.98 Å². The van der Waals surface area contributed by atoms with E-state index in [0.717, 1.165) is 68.6 Å². The van der Waals surface area contributed by atoms with Gasteiger partial charge >= 0.3 is 126 Å². The first-order valence-electron chi connectivity index (χ1n) is 23.4. The zero-order valence-corrected chi connectivity index (χ0v) is 45.3. The molecule has 0 amide bonds. The second kappa shape index (κ2) is 20.0. The Hall–Kier alpha value is -5.14. The van der Waals surface area contributed by atoms with Crippen LogP contribution in [0.25, 0.3) is 72.6 Å². The normalized spacial score (nSPS) is 12.0. The van der Waals surface area contributed by atoms with Crippen molar-refractivity contribution in [3.05, 3.63) is 162 Å². The van der Waals surface area contributed by atoms with E-state index in [1.54, 1.807) is 4.40 Å². The summed E-state index contributed by atoms with van der Waals surface area (Å²) in [5, 5.41) is 2.04. The molecule has 9 rings (SSSR count). The quantitative estimate of drug-likeness (QED) is 0.101. The molecule has 0 aliphatic rings. The Morgan fingerprint density at radius 3 is 2.02 bits per heavy atom. The molecule has 0 aliphatic heterocycles. The van der Waals surface area contributed by atoms with Crippen LogP contribution in [-0.4, -0.2) is 32.8 Å². The number of nitrogens with zero attached hydrogens (tertiary/aromatic N) is 4. The number of hydrogen-bond donors (Lipinski definition) is 0. The van der Waals surface area contributed by atoms with Crippen molar-refractivity contribution in [1.82, 2.24) is 19.5 Å². The first kappa shape index (κ1) is 48.8. The number of para-hydroxylation sites is 2.